The number of hydrogen-bond donors (Lipinski definition) is 0. The molecule has 0 saturated heterocycles. The zero-order chi connectivity index (χ0) is 21.2. The number of ether oxygens (including phenoxy) is 2. The van der Waals surface area contributed by atoms with Gasteiger partial charge in [0.2, 0.25) is 0 Å². The van der Waals surface area contributed by atoms with Crippen LogP contribution in [0.3, 0.4) is 0 Å². The molecule has 0 fully saturated rings. The van der Waals surface area contributed by atoms with Crippen LogP contribution in [0.2, 0.25) is 0 Å². The maximum absolute atomic E-state index is 11.0. The fourth-order valence-electron chi connectivity index (χ4n) is 3.05. The Morgan fingerprint density at radius 3 is 2.20 bits per heavy atom. The smallest absolute Gasteiger partial charge is 0.331 e. The number of anilines is 1. The average molecular weight is 405 g/mol. The number of carbonyl (C=O) groups excluding carboxylic acids is 1. The highest BCUT2D eigenvalue weighted by Crippen LogP contribution is 2.30. The van der Waals surface area contributed by atoms with Crippen LogP contribution in [0.25, 0.3) is 22.5 Å². The van der Waals surface area contributed by atoms with Gasteiger partial charge in [-0.1, -0.05) is 60.7 Å². The Hall–Kier alpha value is -3.25. The van der Waals surface area contributed by atoms with Crippen molar-refractivity contribution in [3.05, 3.63) is 66.9 Å². The molecule has 0 N–H and O–H groups in total. The van der Waals surface area contributed by atoms with Gasteiger partial charge in [0.05, 0.1) is 24.7 Å². The second kappa shape index (κ2) is 11.1. The summed E-state index contributed by atoms with van der Waals surface area (Å²) in [6.07, 6.45) is 3.59. The predicted octanol–water partition coefficient (Wildman–Crippen LogP) is 4.22. The van der Waals surface area contributed by atoms with Gasteiger partial charge in [-0.05, 0) is 12.8 Å². The van der Waals surface area contributed by atoms with E-state index in [0.717, 1.165) is 47.7 Å². The summed E-state index contributed by atoms with van der Waals surface area (Å²) in [5.74, 6) is 0.471. The number of benzene rings is 2. The maximum Gasteiger partial charge on any atom is 0.331 e. The lowest BCUT2D eigenvalue weighted by molar-refractivity contribution is -0.145. The van der Waals surface area contributed by atoms with Crippen LogP contribution in [0, 0.1) is 0 Å². The van der Waals surface area contributed by atoms with Crippen LogP contribution in [0.5, 0.6) is 0 Å². The largest absolute Gasteiger partial charge is 0.467 e. The van der Waals surface area contributed by atoms with Gasteiger partial charge in [-0.15, -0.1) is 0 Å². The van der Waals surface area contributed by atoms with Gasteiger partial charge in [-0.3, -0.25) is 4.98 Å². The van der Waals surface area contributed by atoms with Crippen molar-refractivity contribution in [1.82, 2.24) is 9.97 Å². The molecule has 3 aromatic rings. The molecule has 0 spiro atoms. The monoisotopic (exact) mass is 405 g/mol. The molecule has 3 rings (SSSR count). The van der Waals surface area contributed by atoms with E-state index in [1.165, 1.54) is 7.11 Å². The molecule has 156 valence electrons. The first-order chi connectivity index (χ1) is 14.7. The van der Waals surface area contributed by atoms with Gasteiger partial charge in [-0.25, -0.2) is 9.78 Å². The highest BCUT2D eigenvalue weighted by molar-refractivity contribution is 5.78. The third kappa shape index (κ3) is 5.87. The molecule has 0 amide bonds. The van der Waals surface area contributed by atoms with Gasteiger partial charge in [0.1, 0.15) is 12.4 Å². The minimum Gasteiger partial charge on any atom is -0.467 e. The number of methoxy groups -OCH3 is 1. The molecule has 2 aromatic carbocycles. The minimum absolute atomic E-state index is 0.000795. The molecule has 0 aliphatic carbocycles. The number of rotatable bonds is 10. The van der Waals surface area contributed by atoms with Gasteiger partial charge in [-0.2, -0.15) is 0 Å². The second-order valence-corrected chi connectivity index (χ2v) is 6.91. The second-order valence-electron chi connectivity index (χ2n) is 6.91. The van der Waals surface area contributed by atoms with E-state index in [-0.39, 0.29) is 12.6 Å². The number of unbranched alkanes of at least 4 members (excludes halogenated alkanes) is 1. The molecule has 30 heavy (non-hydrogen) atoms. The van der Waals surface area contributed by atoms with Crippen molar-refractivity contribution < 1.29 is 14.3 Å². The fraction of sp³-hybridized carbons (Fsp3) is 0.292. The number of hydrogen-bond acceptors (Lipinski definition) is 6. The highest BCUT2D eigenvalue weighted by atomic mass is 16.6. The predicted molar refractivity (Wildman–Crippen MR) is 118 cm³/mol. The van der Waals surface area contributed by atoms with Gasteiger partial charge >= 0.3 is 5.97 Å². The normalized spacial score (nSPS) is 10.6. The summed E-state index contributed by atoms with van der Waals surface area (Å²) in [4.78, 5) is 22.8. The molecule has 0 atom stereocenters. The lowest BCUT2D eigenvalue weighted by Crippen LogP contribution is -2.21. The number of nitrogens with zero attached hydrogens (tertiary/aromatic N) is 3. The molecule has 1 heterocycles. The van der Waals surface area contributed by atoms with Gasteiger partial charge in [0.15, 0.2) is 0 Å². The van der Waals surface area contributed by atoms with Crippen molar-refractivity contribution in [2.75, 3.05) is 38.8 Å². The molecular weight excluding hydrogens is 378 g/mol. The summed E-state index contributed by atoms with van der Waals surface area (Å²) in [5.41, 5.74) is 3.82. The Kier molecular flexibility index (Phi) is 7.92. The zero-order valence-electron chi connectivity index (χ0n) is 17.5. The van der Waals surface area contributed by atoms with E-state index in [9.17, 15) is 4.79 Å². The van der Waals surface area contributed by atoms with Crippen LogP contribution in [-0.2, 0) is 14.3 Å². The van der Waals surface area contributed by atoms with Crippen molar-refractivity contribution in [2.45, 2.75) is 12.8 Å². The van der Waals surface area contributed by atoms with E-state index in [0.29, 0.717) is 6.61 Å². The Morgan fingerprint density at radius 2 is 1.57 bits per heavy atom. The zero-order valence-corrected chi connectivity index (χ0v) is 17.5. The summed E-state index contributed by atoms with van der Waals surface area (Å²) in [6.45, 7) is 1.34. The summed E-state index contributed by atoms with van der Waals surface area (Å²) in [6, 6.07) is 20.2. The van der Waals surface area contributed by atoms with Crippen molar-refractivity contribution >= 4 is 11.8 Å². The van der Waals surface area contributed by atoms with Crippen molar-refractivity contribution in [3.63, 3.8) is 0 Å². The average Bonchev–Trinajstić information content (AvgIpc) is 2.81. The molecule has 0 radical (unpaired) electrons. The van der Waals surface area contributed by atoms with Crippen LogP contribution < -0.4 is 4.90 Å². The Labute approximate surface area is 177 Å². The van der Waals surface area contributed by atoms with E-state index >= 15 is 0 Å². The third-order valence-electron chi connectivity index (χ3n) is 4.73. The van der Waals surface area contributed by atoms with Gasteiger partial charge < -0.3 is 14.4 Å². The van der Waals surface area contributed by atoms with Crippen molar-refractivity contribution in [2.24, 2.45) is 0 Å². The first-order valence-electron chi connectivity index (χ1n) is 10.0. The van der Waals surface area contributed by atoms with Crippen LogP contribution in [0.15, 0.2) is 66.9 Å². The van der Waals surface area contributed by atoms with E-state index in [1.54, 1.807) is 0 Å². The van der Waals surface area contributed by atoms with Crippen LogP contribution >= 0.6 is 0 Å². The Balaban J connectivity index is 1.69. The summed E-state index contributed by atoms with van der Waals surface area (Å²) >= 11 is 0. The SMILES string of the molecule is COC(=O)COCCCCN(C)c1cnc(-c2ccccc2)c(-c2ccccc2)n1. The third-order valence-corrected chi connectivity index (χ3v) is 4.73. The summed E-state index contributed by atoms with van der Waals surface area (Å²) in [7, 11) is 3.37. The molecule has 0 aliphatic rings. The van der Waals surface area contributed by atoms with Crippen molar-refractivity contribution in [3.8, 4) is 22.5 Å². The van der Waals surface area contributed by atoms with E-state index < -0.39 is 0 Å². The van der Waals surface area contributed by atoms with E-state index in [2.05, 4.69) is 21.8 Å². The lowest BCUT2D eigenvalue weighted by atomic mass is 10.0. The standard InChI is InChI=1S/C24H27N3O3/c1-27(15-9-10-16-30-18-22(28)29-2)21-17-25-23(19-11-5-3-6-12-19)24(26-21)20-13-7-4-8-14-20/h3-8,11-14,17H,9-10,15-16,18H2,1-2H3. The van der Waals surface area contributed by atoms with E-state index in [4.69, 9.17) is 14.7 Å². The Morgan fingerprint density at radius 1 is 0.933 bits per heavy atom. The number of aromatic nitrogens is 2. The van der Waals surface area contributed by atoms with Crippen LogP contribution in [0.1, 0.15) is 12.8 Å². The minimum atomic E-state index is -0.352. The van der Waals surface area contributed by atoms with Gasteiger partial charge in [0.25, 0.3) is 0 Å². The topological polar surface area (TPSA) is 64.6 Å². The fourth-order valence-corrected chi connectivity index (χ4v) is 3.05. The molecule has 0 aliphatic heterocycles. The molecule has 0 bridgehead atoms. The van der Waals surface area contributed by atoms with Crippen LogP contribution in [0.4, 0.5) is 5.82 Å². The first-order valence-corrected chi connectivity index (χ1v) is 10.0. The summed E-state index contributed by atoms with van der Waals surface area (Å²) in [5, 5.41) is 0. The van der Waals surface area contributed by atoms with Gasteiger partial charge in [0, 0.05) is 31.3 Å². The molecule has 6 nitrogen and oxygen atoms in total. The number of esters is 1. The molecule has 6 heteroatoms. The first kappa shape index (κ1) is 21.5. The van der Waals surface area contributed by atoms with Crippen LogP contribution in [-0.4, -0.2) is 49.9 Å². The Bertz CT molecular complexity index is 933. The molecule has 0 saturated carbocycles. The highest BCUT2D eigenvalue weighted by Gasteiger charge is 2.13. The van der Waals surface area contributed by atoms with E-state index in [1.807, 2.05) is 61.8 Å². The molecular formula is C24H27N3O3. The quantitative estimate of drug-likeness (QED) is 0.372. The molecule has 0 unspecified atom stereocenters. The molecule has 1 aromatic heterocycles. The maximum atomic E-state index is 11.0. The number of carbonyl (C=O) groups is 1. The summed E-state index contributed by atoms with van der Waals surface area (Å²) < 4.78 is 9.85. The van der Waals surface area contributed by atoms with Crippen molar-refractivity contribution in [1.29, 1.82) is 0 Å². The lowest BCUT2D eigenvalue weighted by Gasteiger charge is -2.20.